The van der Waals surface area contributed by atoms with E-state index in [0.29, 0.717) is 5.82 Å². The molecule has 0 atom stereocenters. The van der Waals surface area contributed by atoms with E-state index >= 15 is 0 Å². The molecule has 0 saturated heterocycles. The predicted molar refractivity (Wildman–Crippen MR) is 223 cm³/mol. The lowest BCUT2D eigenvalue weighted by atomic mass is 9.90. The molecule has 9 aromatic carbocycles. The molecule has 0 bridgehead atoms. The maximum Gasteiger partial charge on any atom is 0.161 e. The summed E-state index contributed by atoms with van der Waals surface area (Å²) in [4.78, 5) is 10.8. The van der Waals surface area contributed by atoms with Crippen LogP contribution in [0.15, 0.2) is 188 Å². The van der Waals surface area contributed by atoms with Crippen LogP contribution in [0.1, 0.15) is 0 Å². The maximum atomic E-state index is 5.43. The standard InChI is InChI=1S/C50H31N3/c1-3-17-33(18-4-1)44-31-45(38-28-15-19-32-16-7-8-22-35(32)38)52-50(51-44)43-30-42-37-24-10-12-26-40(37)49-48(47(42)39-25-11-9-23-36(39)43)41-27-13-14-29-46(41)53(49)34-20-5-2-6-21-34/h1-31H. The number of rotatable bonds is 4. The van der Waals surface area contributed by atoms with Crippen LogP contribution in [0, 0.1) is 0 Å². The lowest BCUT2D eigenvalue weighted by Gasteiger charge is -2.17. The van der Waals surface area contributed by atoms with Gasteiger partial charge in [0.15, 0.2) is 5.82 Å². The number of fused-ring (bicyclic) bond motifs is 11. The Hall–Kier alpha value is -7.10. The lowest BCUT2D eigenvalue weighted by molar-refractivity contribution is 1.19. The van der Waals surface area contributed by atoms with Crippen molar-refractivity contribution in [1.29, 1.82) is 0 Å². The molecule has 2 aromatic heterocycles. The molecule has 11 rings (SSSR count). The third-order valence-corrected chi connectivity index (χ3v) is 10.8. The van der Waals surface area contributed by atoms with E-state index in [0.717, 1.165) is 39.2 Å². The summed E-state index contributed by atoms with van der Waals surface area (Å²) in [5.74, 6) is 0.711. The van der Waals surface area contributed by atoms with Crippen LogP contribution < -0.4 is 0 Å². The van der Waals surface area contributed by atoms with Gasteiger partial charge >= 0.3 is 0 Å². The fourth-order valence-corrected chi connectivity index (χ4v) is 8.47. The minimum atomic E-state index is 0.711. The minimum Gasteiger partial charge on any atom is -0.309 e. The van der Waals surface area contributed by atoms with E-state index in [1.165, 1.54) is 59.5 Å². The Morgan fingerprint density at radius 3 is 1.77 bits per heavy atom. The van der Waals surface area contributed by atoms with E-state index in [9.17, 15) is 0 Å². The monoisotopic (exact) mass is 673 g/mol. The van der Waals surface area contributed by atoms with Crippen LogP contribution in [0.4, 0.5) is 0 Å². The fourth-order valence-electron chi connectivity index (χ4n) is 8.47. The second-order valence-corrected chi connectivity index (χ2v) is 13.7. The van der Waals surface area contributed by atoms with Gasteiger partial charge in [-0.25, -0.2) is 9.97 Å². The molecule has 0 spiro atoms. The molecule has 2 heterocycles. The maximum absolute atomic E-state index is 5.43. The van der Waals surface area contributed by atoms with Gasteiger partial charge in [0.25, 0.3) is 0 Å². The van der Waals surface area contributed by atoms with Gasteiger partial charge in [-0.3, -0.25) is 0 Å². The van der Waals surface area contributed by atoms with Crippen molar-refractivity contribution in [3.8, 4) is 39.6 Å². The Bertz CT molecular complexity index is 3210. The summed E-state index contributed by atoms with van der Waals surface area (Å²) in [6.07, 6.45) is 0. The molecular weight excluding hydrogens is 643 g/mol. The highest BCUT2D eigenvalue weighted by molar-refractivity contribution is 6.37. The fraction of sp³-hybridized carbons (Fsp3) is 0. The average molecular weight is 674 g/mol. The number of para-hydroxylation sites is 2. The van der Waals surface area contributed by atoms with Crippen LogP contribution in [0.2, 0.25) is 0 Å². The van der Waals surface area contributed by atoms with Crippen LogP contribution >= 0.6 is 0 Å². The van der Waals surface area contributed by atoms with Gasteiger partial charge in [-0.05, 0) is 62.6 Å². The van der Waals surface area contributed by atoms with Gasteiger partial charge in [-0.15, -0.1) is 0 Å². The van der Waals surface area contributed by atoms with Crippen molar-refractivity contribution in [2.75, 3.05) is 0 Å². The highest BCUT2D eigenvalue weighted by Gasteiger charge is 2.23. The summed E-state index contributed by atoms with van der Waals surface area (Å²) >= 11 is 0. The summed E-state index contributed by atoms with van der Waals surface area (Å²) in [5.41, 5.74) is 8.53. The quantitative estimate of drug-likeness (QED) is 0.174. The van der Waals surface area contributed by atoms with Gasteiger partial charge in [-0.1, -0.05) is 158 Å². The van der Waals surface area contributed by atoms with E-state index in [1.807, 2.05) is 0 Å². The zero-order chi connectivity index (χ0) is 34.9. The van der Waals surface area contributed by atoms with Crippen LogP contribution in [-0.4, -0.2) is 14.5 Å². The van der Waals surface area contributed by atoms with Crippen molar-refractivity contribution < 1.29 is 0 Å². The van der Waals surface area contributed by atoms with E-state index in [-0.39, 0.29) is 0 Å². The van der Waals surface area contributed by atoms with E-state index in [2.05, 4.69) is 193 Å². The Morgan fingerprint density at radius 1 is 0.358 bits per heavy atom. The second kappa shape index (κ2) is 11.7. The molecule has 0 saturated carbocycles. The van der Waals surface area contributed by atoms with Crippen LogP contribution in [0.25, 0.3) is 104 Å². The first-order valence-corrected chi connectivity index (χ1v) is 18.1. The zero-order valence-electron chi connectivity index (χ0n) is 28.7. The van der Waals surface area contributed by atoms with Crippen molar-refractivity contribution in [3.05, 3.63) is 188 Å². The number of hydrogen-bond acceptors (Lipinski definition) is 2. The SMILES string of the molecule is c1ccc(-c2cc(-c3cccc4ccccc34)nc(-c3cc4c5ccccc5c5c(c6ccccc6n5-c5ccccc5)c4c4ccccc34)n2)cc1. The molecule has 3 nitrogen and oxygen atoms in total. The summed E-state index contributed by atoms with van der Waals surface area (Å²) in [5, 5.41) is 12.0. The molecule has 0 aliphatic carbocycles. The Labute approximate surface area is 306 Å². The summed E-state index contributed by atoms with van der Waals surface area (Å²) in [6.45, 7) is 0. The first-order valence-electron chi connectivity index (χ1n) is 18.1. The minimum absolute atomic E-state index is 0.711. The second-order valence-electron chi connectivity index (χ2n) is 13.7. The topological polar surface area (TPSA) is 30.7 Å². The normalized spacial score (nSPS) is 11.8. The van der Waals surface area contributed by atoms with E-state index in [4.69, 9.17) is 9.97 Å². The van der Waals surface area contributed by atoms with E-state index in [1.54, 1.807) is 0 Å². The van der Waals surface area contributed by atoms with E-state index < -0.39 is 0 Å². The number of benzene rings is 9. The largest absolute Gasteiger partial charge is 0.309 e. The van der Waals surface area contributed by atoms with Gasteiger partial charge in [-0.2, -0.15) is 0 Å². The molecule has 0 N–H and O–H groups in total. The third kappa shape index (κ3) is 4.54. The summed E-state index contributed by atoms with van der Waals surface area (Å²) < 4.78 is 2.44. The van der Waals surface area contributed by atoms with Gasteiger partial charge < -0.3 is 4.57 Å². The van der Waals surface area contributed by atoms with Gasteiger partial charge in [0.05, 0.1) is 22.4 Å². The van der Waals surface area contributed by atoms with Crippen molar-refractivity contribution in [2.24, 2.45) is 0 Å². The first-order chi connectivity index (χ1) is 26.3. The highest BCUT2D eigenvalue weighted by Crippen LogP contribution is 2.47. The molecule has 0 amide bonds. The summed E-state index contributed by atoms with van der Waals surface area (Å²) in [7, 11) is 0. The van der Waals surface area contributed by atoms with Gasteiger partial charge in [0.2, 0.25) is 0 Å². The van der Waals surface area contributed by atoms with Crippen molar-refractivity contribution in [3.63, 3.8) is 0 Å². The molecule has 246 valence electrons. The molecule has 0 aliphatic heterocycles. The van der Waals surface area contributed by atoms with Crippen molar-refractivity contribution in [1.82, 2.24) is 14.5 Å². The van der Waals surface area contributed by atoms with Gasteiger partial charge in [0, 0.05) is 43.9 Å². The Kier molecular flexibility index (Phi) is 6.55. The van der Waals surface area contributed by atoms with Crippen molar-refractivity contribution in [2.45, 2.75) is 0 Å². The summed E-state index contributed by atoms with van der Waals surface area (Å²) in [6, 6.07) is 67.2. The molecule has 3 heteroatoms. The van der Waals surface area contributed by atoms with Crippen LogP contribution in [0.3, 0.4) is 0 Å². The molecule has 0 fully saturated rings. The molecule has 53 heavy (non-hydrogen) atoms. The zero-order valence-corrected chi connectivity index (χ0v) is 28.7. The molecule has 0 radical (unpaired) electrons. The molecule has 0 unspecified atom stereocenters. The van der Waals surface area contributed by atoms with Crippen LogP contribution in [-0.2, 0) is 0 Å². The highest BCUT2D eigenvalue weighted by atomic mass is 15.0. The molecular formula is C50H31N3. The number of nitrogens with zero attached hydrogens (tertiary/aromatic N) is 3. The molecule has 11 aromatic rings. The third-order valence-electron chi connectivity index (χ3n) is 10.8. The number of aromatic nitrogens is 3. The first kappa shape index (κ1) is 29.6. The lowest BCUT2D eigenvalue weighted by Crippen LogP contribution is -1.98. The van der Waals surface area contributed by atoms with Crippen molar-refractivity contribution >= 4 is 64.9 Å². The van der Waals surface area contributed by atoms with Crippen LogP contribution in [0.5, 0.6) is 0 Å². The van der Waals surface area contributed by atoms with Gasteiger partial charge in [0.1, 0.15) is 0 Å². The smallest absolute Gasteiger partial charge is 0.161 e. The number of hydrogen-bond donors (Lipinski definition) is 0. The Morgan fingerprint density at radius 2 is 0.962 bits per heavy atom. The Balaban J connectivity index is 1.30. The average Bonchev–Trinajstić information content (AvgIpc) is 3.59. The predicted octanol–water partition coefficient (Wildman–Crippen LogP) is 13.2. The molecule has 0 aliphatic rings.